The van der Waals surface area contributed by atoms with E-state index in [9.17, 15) is 4.79 Å². The summed E-state index contributed by atoms with van der Waals surface area (Å²) in [5.41, 5.74) is 0. The molecule has 0 radical (unpaired) electrons. The molecule has 5 heteroatoms. The molecule has 0 aromatic rings. The lowest BCUT2D eigenvalue weighted by Crippen LogP contribution is -3.00. The minimum Gasteiger partial charge on any atom is -1.00 e. The van der Waals surface area contributed by atoms with E-state index >= 15 is 0 Å². The first-order valence-corrected chi connectivity index (χ1v) is 1.98. The minimum atomic E-state index is 0. The Labute approximate surface area is 64.4 Å². The van der Waals surface area contributed by atoms with Crippen LogP contribution in [0.1, 0.15) is 0 Å². The molecular formula is C3H7BrClN2O-. The average molecular weight is 202 g/mol. The van der Waals surface area contributed by atoms with Gasteiger partial charge in [0, 0.05) is 0 Å². The van der Waals surface area contributed by atoms with Crippen LogP contribution in [0.25, 0.3) is 0 Å². The molecule has 8 heavy (non-hydrogen) atoms. The lowest BCUT2D eigenvalue weighted by atomic mass is 10.7. The summed E-state index contributed by atoms with van der Waals surface area (Å²) in [5, 5.41) is 4.54. The van der Waals surface area contributed by atoms with Gasteiger partial charge in [0.2, 0.25) is 0 Å². The number of quaternary nitrogens is 1. The second kappa shape index (κ2) is 5.34. The van der Waals surface area contributed by atoms with E-state index in [0.29, 0.717) is 6.54 Å². The van der Waals surface area contributed by atoms with Crippen molar-refractivity contribution in [1.29, 1.82) is 0 Å². The van der Waals surface area contributed by atoms with Gasteiger partial charge in [-0.25, -0.2) is 0 Å². The van der Waals surface area contributed by atoms with Gasteiger partial charge in [0.25, 0.3) is 5.91 Å². The lowest BCUT2D eigenvalue weighted by molar-refractivity contribution is -0.633. The predicted octanol–water partition coefficient (Wildman–Crippen LogP) is -8.35. The molecule has 1 heterocycles. The van der Waals surface area contributed by atoms with Gasteiger partial charge in [-0.1, -0.05) is 0 Å². The molecule has 0 aliphatic carbocycles. The average Bonchev–Trinajstić information content (AvgIpc) is 1.86. The molecule has 1 fully saturated rings. The highest BCUT2D eigenvalue weighted by molar-refractivity contribution is 5.77. The van der Waals surface area contributed by atoms with Crippen LogP contribution in [0, 0.1) is 0 Å². The number of carbonyl (C=O) groups is 1. The van der Waals surface area contributed by atoms with Crippen LogP contribution in [0.3, 0.4) is 0 Å². The number of halogens is 2. The highest BCUT2D eigenvalue weighted by atomic mass is 79.9. The number of hydrogen-bond acceptors (Lipinski definition) is 1. The molecule has 0 aromatic heterocycles. The third-order valence-corrected chi connectivity index (χ3v) is 0.773. The van der Waals surface area contributed by atoms with Crippen LogP contribution in [0.4, 0.5) is 0 Å². The van der Waals surface area contributed by atoms with Crippen LogP contribution >= 0.6 is 0 Å². The van der Waals surface area contributed by atoms with Gasteiger partial charge in [-0.3, -0.25) is 4.79 Å². The van der Waals surface area contributed by atoms with Crippen LogP contribution in [-0.4, -0.2) is 19.1 Å². The molecule has 0 bridgehead atoms. The number of nitrogens with two attached hydrogens (primary N) is 1. The van der Waals surface area contributed by atoms with Crippen molar-refractivity contribution in [2.24, 2.45) is 0 Å². The summed E-state index contributed by atoms with van der Waals surface area (Å²) in [6.07, 6.45) is 0. The monoisotopic (exact) mass is 201 g/mol. The Kier molecular flexibility index (Phi) is 7.38. The minimum absolute atomic E-state index is 0. The second-order valence-electron chi connectivity index (χ2n) is 1.30. The summed E-state index contributed by atoms with van der Waals surface area (Å²) >= 11 is 0. The molecule has 0 saturated carbocycles. The van der Waals surface area contributed by atoms with Crippen molar-refractivity contribution in [2.45, 2.75) is 0 Å². The number of rotatable bonds is 0. The van der Waals surface area contributed by atoms with Crippen molar-refractivity contribution in [3.05, 3.63) is 0 Å². The molecule has 1 aliphatic rings. The Morgan fingerprint density at radius 3 is 2.38 bits per heavy atom. The molecule has 1 rings (SSSR count). The van der Waals surface area contributed by atoms with Crippen molar-refractivity contribution in [3.63, 3.8) is 0 Å². The highest BCUT2D eigenvalue weighted by Crippen LogP contribution is 1.56. The molecule has 3 N–H and O–H groups in total. The molecular weight excluding hydrogens is 195 g/mol. The van der Waals surface area contributed by atoms with E-state index in [-0.39, 0.29) is 35.3 Å². The third-order valence-electron chi connectivity index (χ3n) is 0.773. The molecule has 0 unspecified atom stereocenters. The van der Waals surface area contributed by atoms with E-state index in [4.69, 9.17) is 0 Å². The SMILES string of the molecule is O=C1C[NH2+]CN1.[Br-].[Cl-]. The smallest absolute Gasteiger partial charge is 0.279 e. The zero-order chi connectivity index (χ0) is 4.41. The molecule has 3 nitrogen and oxygen atoms in total. The Bertz CT molecular complexity index is 71.7. The maximum atomic E-state index is 10.1. The van der Waals surface area contributed by atoms with Gasteiger partial charge in [-0.05, 0) is 0 Å². The Hall–Kier alpha value is 0.200. The fourth-order valence-electron chi connectivity index (χ4n) is 0.461. The first-order valence-electron chi connectivity index (χ1n) is 1.98. The molecule has 0 atom stereocenters. The molecule has 1 aliphatic heterocycles. The van der Waals surface area contributed by atoms with Crippen LogP contribution in [0.5, 0.6) is 0 Å². The van der Waals surface area contributed by atoms with Crippen LogP contribution in [0.15, 0.2) is 0 Å². The van der Waals surface area contributed by atoms with E-state index in [1.807, 2.05) is 5.32 Å². The summed E-state index contributed by atoms with van der Waals surface area (Å²) in [5.74, 6) is 0.148. The van der Waals surface area contributed by atoms with E-state index in [1.54, 1.807) is 0 Å². The standard InChI is InChI=1S/C3H6N2O.BrH.ClH/c6-3-1-4-2-5-3;;/h4H,1-2H2,(H,5,6);2*1H/p-1. The topological polar surface area (TPSA) is 45.7 Å². The zero-order valence-electron chi connectivity index (χ0n) is 4.16. The maximum absolute atomic E-state index is 10.1. The Balaban J connectivity index is 0. The lowest BCUT2D eigenvalue weighted by Gasteiger charge is -1.74. The Morgan fingerprint density at radius 2 is 2.25 bits per heavy atom. The number of amides is 1. The number of carbonyl (C=O) groups excluding carboxylic acids is 1. The molecule has 0 spiro atoms. The van der Waals surface area contributed by atoms with Crippen LogP contribution in [0.2, 0.25) is 0 Å². The first-order chi connectivity index (χ1) is 2.89. The first kappa shape index (κ1) is 11.1. The summed E-state index contributed by atoms with van der Waals surface area (Å²) in [4.78, 5) is 10.1. The van der Waals surface area contributed by atoms with Crippen LogP contribution in [-0.2, 0) is 4.79 Å². The summed E-state index contributed by atoms with van der Waals surface area (Å²) in [6, 6.07) is 0. The van der Waals surface area contributed by atoms with E-state index in [0.717, 1.165) is 6.67 Å². The highest BCUT2D eigenvalue weighted by Gasteiger charge is 2.08. The normalized spacial score (nSPS) is 15.8. The Morgan fingerprint density at radius 1 is 1.62 bits per heavy atom. The zero-order valence-corrected chi connectivity index (χ0v) is 6.50. The van der Waals surface area contributed by atoms with Gasteiger partial charge in [-0.15, -0.1) is 0 Å². The van der Waals surface area contributed by atoms with Gasteiger partial charge < -0.3 is 40.0 Å². The molecule has 0 aromatic carbocycles. The van der Waals surface area contributed by atoms with Crippen molar-refractivity contribution >= 4 is 5.91 Å². The third kappa shape index (κ3) is 3.23. The quantitative estimate of drug-likeness (QED) is 0.403. The number of nitrogens with one attached hydrogen (secondary N) is 1. The number of hydrogen-bond donors (Lipinski definition) is 2. The molecule has 1 saturated heterocycles. The van der Waals surface area contributed by atoms with Gasteiger partial charge in [0.05, 0.1) is 0 Å². The van der Waals surface area contributed by atoms with Gasteiger partial charge in [0.1, 0.15) is 0 Å². The molecule has 1 amide bonds. The van der Waals surface area contributed by atoms with E-state index in [1.165, 1.54) is 0 Å². The van der Waals surface area contributed by atoms with E-state index in [2.05, 4.69) is 5.32 Å². The summed E-state index contributed by atoms with van der Waals surface area (Å²) < 4.78 is 0. The van der Waals surface area contributed by atoms with Crippen LogP contribution < -0.4 is 40.0 Å². The largest absolute Gasteiger partial charge is 1.00 e. The van der Waals surface area contributed by atoms with Crippen molar-refractivity contribution < 1.29 is 39.5 Å². The van der Waals surface area contributed by atoms with Crippen molar-refractivity contribution in [3.8, 4) is 0 Å². The molecule has 50 valence electrons. The summed E-state index contributed by atoms with van der Waals surface area (Å²) in [6.45, 7) is 1.37. The predicted molar refractivity (Wildman–Crippen MR) is 19.8 cm³/mol. The fourth-order valence-corrected chi connectivity index (χ4v) is 0.461. The fraction of sp³-hybridized carbons (Fsp3) is 0.667. The van der Waals surface area contributed by atoms with Crippen molar-refractivity contribution in [2.75, 3.05) is 13.2 Å². The van der Waals surface area contributed by atoms with Gasteiger partial charge in [0.15, 0.2) is 13.2 Å². The van der Waals surface area contributed by atoms with Gasteiger partial charge >= 0.3 is 0 Å². The van der Waals surface area contributed by atoms with E-state index < -0.39 is 0 Å². The van der Waals surface area contributed by atoms with Crippen molar-refractivity contribution in [1.82, 2.24) is 5.32 Å². The van der Waals surface area contributed by atoms with Gasteiger partial charge in [-0.2, -0.15) is 0 Å². The second-order valence-corrected chi connectivity index (χ2v) is 1.30. The summed E-state index contributed by atoms with van der Waals surface area (Å²) in [7, 11) is 0. The maximum Gasteiger partial charge on any atom is 0.279 e.